The maximum absolute atomic E-state index is 12.8. The summed E-state index contributed by atoms with van der Waals surface area (Å²) in [5.41, 5.74) is 2.87. The maximum atomic E-state index is 12.8. The lowest BCUT2D eigenvalue weighted by Gasteiger charge is -2.15. The summed E-state index contributed by atoms with van der Waals surface area (Å²) in [5.74, 6) is 0.565. The van der Waals surface area contributed by atoms with E-state index in [1.165, 1.54) is 4.68 Å². The fraction of sp³-hybridized carbons (Fsp3) is 0.500. The van der Waals surface area contributed by atoms with Gasteiger partial charge in [0.1, 0.15) is 5.76 Å². The smallest absolute Gasteiger partial charge is 0.252 e. The first-order valence-corrected chi connectivity index (χ1v) is 8.29. The minimum Gasteiger partial charge on any atom is -0.467 e. The molecule has 1 aliphatic rings. The molecule has 128 valence electrons. The molecule has 0 spiro atoms. The van der Waals surface area contributed by atoms with Gasteiger partial charge in [-0.2, -0.15) is 5.10 Å². The van der Waals surface area contributed by atoms with Gasteiger partial charge in [0.2, 0.25) is 5.91 Å². The Labute approximate surface area is 141 Å². The molecule has 3 heterocycles. The second kappa shape index (κ2) is 6.26. The molecular formula is C18H23N3O3. The number of aryl methyl sites for hydroxylation is 1. The van der Waals surface area contributed by atoms with E-state index in [9.17, 15) is 9.59 Å². The summed E-state index contributed by atoms with van der Waals surface area (Å²) in [6.07, 6.45) is 1.82. The van der Waals surface area contributed by atoms with Gasteiger partial charge in [0.15, 0.2) is 0 Å². The van der Waals surface area contributed by atoms with Crippen LogP contribution < -0.4 is 0 Å². The van der Waals surface area contributed by atoms with Gasteiger partial charge in [-0.05, 0) is 37.5 Å². The fourth-order valence-electron chi connectivity index (χ4n) is 3.56. The molecule has 1 fully saturated rings. The Hall–Kier alpha value is -2.37. The zero-order valence-electron chi connectivity index (χ0n) is 14.6. The first-order valence-electron chi connectivity index (χ1n) is 8.29. The molecule has 3 rings (SSSR count). The predicted molar refractivity (Wildman–Crippen MR) is 88.6 cm³/mol. The summed E-state index contributed by atoms with van der Waals surface area (Å²) in [6.45, 7) is 8.85. The Balaban J connectivity index is 1.77. The van der Waals surface area contributed by atoms with Gasteiger partial charge in [0.25, 0.3) is 5.91 Å². The average Bonchev–Trinajstić information content (AvgIpc) is 3.20. The van der Waals surface area contributed by atoms with E-state index >= 15 is 0 Å². The van der Waals surface area contributed by atoms with E-state index in [-0.39, 0.29) is 24.2 Å². The molecule has 6 nitrogen and oxygen atoms in total. The number of nitrogens with zero attached hydrogens (tertiary/aromatic N) is 3. The standard InChI is InChI=1S/C18H23N3O3/c1-11(2)17-12(3)19-21(13(17)4)18(23)14-8-16(22)20(9-14)10-15-6-5-7-24-15/h5-7,11,14H,8-10H2,1-4H3. The first-order chi connectivity index (χ1) is 11.4. The first kappa shape index (κ1) is 16.5. The van der Waals surface area contributed by atoms with E-state index in [2.05, 4.69) is 18.9 Å². The summed E-state index contributed by atoms with van der Waals surface area (Å²) in [4.78, 5) is 26.7. The largest absolute Gasteiger partial charge is 0.467 e. The highest BCUT2D eigenvalue weighted by atomic mass is 16.3. The van der Waals surface area contributed by atoms with Gasteiger partial charge in [-0.1, -0.05) is 13.8 Å². The molecule has 0 radical (unpaired) electrons. The zero-order chi connectivity index (χ0) is 17.4. The molecule has 6 heteroatoms. The normalized spacial score (nSPS) is 18.0. The van der Waals surface area contributed by atoms with E-state index in [1.54, 1.807) is 17.2 Å². The van der Waals surface area contributed by atoms with Crippen LogP contribution in [0.15, 0.2) is 22.8 Å². The van der Waals surface area contributed by atoms with Crippen LogP contribution in [0.25, 0.3) is 0 Å². The van der Waals surface area contributed by atoms with Crippen molar-refractivity contribution < 1.29 is 14.0 Å². The number of aromatic nitrogens is 2. The predicted octanol–water partition coefficient (Wildman–Crippen LogP) is 2.91. The van der Waals surface area contributed by atoms with Crippen LogP contribution in [0.3, 0.4) is 0 Å². The van der Waals surface area contributed by atoms with Gasteiger partial charge in [-0.3, -0.25) is 9.59 Å². The third-order valence-corrected chi connectivity index (χ3v) is 4.62. The third kappa shape index (κ3) is 2.88. The van der Waals surface area contributed by atoms with Gasteiger partial charge in [0.05, 0.1) is 24.4 Å². The fourth-order valence-corrected chi connectivity index (χ4v) is 3.56. The SMILES string of the molecule is Cc1nn(C(=O)C2CC(=O)N(Cc3ccco3)C2)c(C)c1C(C)C. The van der Waals surface area contributed by atoms with Gasteiger partial charge in [0, 0.05) is 18.7 Å². The van der Waals surface area contributed by atoms with Crippen LogP contribution >= 0.6 is 0 Å². The van der Waals surface area contributed by atoms with Crippen molar-refractivity contribution in [1.82, 2.24) is 14.7 Å². The molecule has 0 aliphatic carbocycles. The zero-order valence-corrected chi connectivity index (χ0v) is 14.6. The second-order valence-corrected chi connectivity index (χ2v) is 6.74. The van der Waals surface area contributed by atoms with E-state index in [0.29, 0.717) is 19.0 Å². The highest BCUT2D eigenvalue weighted by Crippen LogP contribution is 2.26. The Morgan fingerprint density at radius 2 is 2.17 bits per heavy atom. The lowest BCUT2D eigenvalue weighted by molar-refractivity contribution is -0.128. The monoisotopic (exact) mass is 329 g/mol. The number of furan rings is 1. The van der Waals surface area contributed by atoms with Gasteiger partial charge >= 0.3 is 0 Å². The molecule has 1 unspecified atom stereocenters. The van der Waals surface area contributed by atoms with Crippen LogP contribution in [0.1, 0.15) is 53.7 Å². The number of carbonyl (C=O) groups excluding carboxylic acids is 2. The van der Waals surface area contributed by atoms with E-state index in [0.717, 1.165) is 22.7 Å². The Morgan fingerprint density at radius 3 is 2.75 bits per heavy atom. The number of amides is 1. The van der Waals surface area contributed by atoms with Gasteiger partial charge < -0.3 is 9.32 Å². The summed E-state index contributed by atoms with van der Waals surface area (Å²) >= 11 is 0. The Morgan fingerprint density at radius 1 is 1.42 bits per heavy atom. The number of rotatable bonds is 4. The number of hydrogen-bond acceptors (Lipinski definition) is 4. The molecule has 1 aliphatic heterocycles. The summed E-state index contributed by atoms with van der Waals surface area (Å²) in [6, 6.07) is 3.63. The molecule has 0 saturated carbocycles. The van der Waals surface area contributed by atoms with Crippen LogP contribution in [-0.4, -0.2) is 33.0 Å². The van der Waals surface area contributed by atoms with Crippen molar-refractivity contribution in [3.8, 4) is 0 Å². The minimum absolute atomic E-state index is 0.0182. The lowest BCUT2D eigenvalue weighted by Crippen LogP contribution is -2.28. The minimum atomic E-state index is -0.356. The van der Waals surface area contributed by atoms with Crippen LogP contribution in [0.2, 0.25) is 0 Å². The number of hydrogen-bond donors (Lipinski definition) is 0. The van der Waals surface area contributed by atoms with E-state index in [1.807, 2.05) is 19.9 Å². The lowest BCUT2D eigenvalue weighted by atomic mass is 10.0. The van der Waals surface area contributed by atoms with E-state index < -0.39 is 0 Å². The molecule has 1 saturated heterocycles. The third-order valence-electron chi connectivity index (χ3n) is 4.62. The summed E-state index contributed by atoms with van der Waals surface area (Å²) < 4.78 is 6.78. The highest BCUT2D eigenvalue weighted by molar-refractivity contribution is 5.90. The molecule has 0 N–H and O–H groups in total. The van der Waals surface area contributed by atoms with Crippen molar-refractivity contribution in [2.45, 2.75) is 46.6 Å². The maximum Gasteiger partial charge on any atom is 0.252 e. The highest BCUT2D eigenvalue weighted by Gasteiger charge is 2.36. The molecule has 0 bridgehead atoms. The quantitative estimate of drug-likeness (QED) is 0.865. The van der Waals surface area contributed by atoms with Crippen molar-refractivity contribution in [3.63, 3.8) is 0 Å². The van der Waals surface area contributed by atoms with E-state index in [4.69, 9.17) is 4.42 Å². The molecule has 1 atom stereocenters. The molecule has 1 amide bonds. The van der Waals surface area contributed by atoms with Crippen LogP contribution in [-0.2, 0) is 11.3 Å². The van der Waals surface area contributed by atoms with Crippen molar-refractivity contribution in [3.05, 3.63) is 41.1 Å². The van der Waals surface area contributed by atoms with Gasteiger partial charge in [-0.15, -0.1) is 0 Å². The average molecular weight is 329 g/mol. The van der Waals surface area contributed by atoms with Crippen molar-refractivity contribution >= 4 is 11.8 Å². The topological polar surface area (TPSA) is 68.3 Å². The van der Waals surface area contributed by atoms with Crippen molar-refractivity contribution in [1.29, 1.82) is 0 Å². The number of likely N-dealkylation sites (tertiary alicyclic amines) is 1. The van der Waals surface area contributed by atoms with Crippen molar-refractivity contribution in [2.24, 2.45) is 5.92 Å². The van der Waals surface area contributed by atoms with Crippen LogP contribution in [0, 0.1) is 19.8 Å². The van der Waals surface area contributed by atoms with Crippen molar-refractivity contribution in [2.75, 3.05) is 6.54 Å². The Kier molecular flexibility index (Phi) is 4.30. The summed E-state index contributed by atoms with van der Waals surface area (Å²) in [5, 5.41) is 4.42. The second-order valence-electron chi connectivity index (χ2n) is 6.74. The number of carbonyl (C=O) groups is 2. The molecule has 0 aromatic carbocycles. The summed E-state index contributed by atoms with van der Waals surface area (Å²) in [7, 11) is 0. The Bertz CT molecular complexity index is 759. The van der Waals surface area contributed by atoms with Gasteiger partial charge in [-0.25, -0.2) is 4.68 Å². The van der Waals surface area contributed by atoms with Crippen LogP contribution in [0.5, 0.6) is 0 Å². The molecule has 2 aromatic heterocycles. The van der Waals surface area contributed by atoms with Crippen LogP contribution in [0.4, 0.5) is 0 Å². The molecule has 24 heavy (non-hydrogen) atoms. The molecular weight excluding hydrogens is 306 g/mol. The molecule has 2 aromatic rings.